The molecule has 3 amide bonds. The quantitative estimate of drug-likeness (QED) is 0.663. The number of hydrazine groups is 1. The third-order valence-corrected chi connectivity index (χ3v) is 4.18. The molecule has 0 heterocycles. The number of ether oxygens (including phenoxy) is 1. The van der Waals surface area contributed by atoms with Crippen molar-refractivity contribution < 1.29 is 19.1 Å². The largest absolute Gasteiger partial charge is 0.484 e. The van der Waals surface area contributed by atoms with Crippen LogP contribution in [0.5, 0.6) is 5.75 Å². The Labute approximate surface area is 161 Å². The van der Waals surface area contributed by atoms with Gasteiger partial charge in [0, 0.05) is 17.7 Å². The van der Waals surface area contributed by atoms with Crippen molar-refractivity contribution in [3.63, 3.8) is 0 Å². The van der Waals surface area contributed by atoms with E-state index in [1.165, 1.54) is 0 Å². The fraction of sp³-hybridized carbons (Fsp3) is 0.211. The number of halogens is 1. The minimum Gasteiger partial charge on any atom is -0.484 e. The molecule has 0 unspecified atom stereocenters. The van der Waals surface area contributed by atoms with E-state index in [0.29, 0.717) is 11.4 Å². The van der Waals surface area contributed by atoms with Gasteiger partial charge in [0.1, 0.15) is 5.75 Å². The molecule has 0 spiro atoms. The molecule has 7 nitrogen and oxygen atoms in total. The molecule has 2 aromatic rings. The first kappa shape index (κ1) is 18.7. The predicted molar refractivity (Wildman–Crippen MR) is 100 cm³/mol. The number of nitrogens with one attached hydrogen (secondary N) is 3. The molecule has 1 aliphatic carbocycles. The number of anilines is 1. The number of carbonyl (C=O) groups excluding carboxylic acids is 3. The van der Waals surface area contributed by atoms with Gasteiger partial charge in [0.2, 0.25) is 5.91 Å². The fourth-order valence-corrected chi connectivity index (χ4v) is 2.50. The van der Waals surface area contributed by atoms with Gasteiger partial charge >= 0.3 is 0 Å². The van der Waals surface area contributed by atoms with Crippen molar-refractivity contribution in [2.75, 3.05) is 11.9 Å². The summed E-state index contributed by atoms with van der Waals surface area (Å²) in [6.45, 7) is -0.303. The lowest BCUT2D eigenvalue weighted by Crippen LogP contribution is -2.43. The first-order chi connectivity index (χ1) is 13.0. The molecular weight excluding hydrogens is 370 g/mol. The Balaban J connectivity index is 1.45. The molecule has 0 saturated heterocycles. The summed E-state index contributed by atoms with van der Waals surface area (Å²) in [6, 6.07) is 13.3. The second-order valence-electron chi connectivity index (χ2n) is 6.06. The van der Waals surface area contributed by atoms with Gasteiger partial charge in [-0.2, -0.15) is 0 Å². The molecule has 0 aliphatic heterocycles. The van der Waals surface area contributed by atoms with Crippen molar-refractivity contribution in [2.45, 2.75) is 12.8 Å². The average molecular weight is 388 g/mol. The average Bonchev–Trinajstić information content (AvgIpc) is 3.50. The zero-order chi connectivity index (χ0) is 19.2. The highest BCUT2D eigenvalue weighted by molar-refractivity contribution is 6.33. The van der Waals surface area contributed by atoms with Gasteiger partial charge in [-0.15, -0.1) is 0 Å². The minimum absolute atomic E-state index is 0.00724. The van der Waals surface area contributed by atoms with Crippen LogP contribution in [0.2, 0.25) is 5.02 Å². The van der Waals surface area contributed by atoms with Crippen LogP contribution in [0, 0.1) is 5.92 Å². The normalized spacial score (nSPS) is 12.8. The minimum atomic E-state index is -0.539. The molecule has 140 valence electrons. The number of carbonyl (C=O) groups is 3. The lowest BCUT2D eigenvalue weighted by atomic mass is 10.2. The van der Waals surface area contributed by atoms with E-state index in [1.807, 2.05) is 0 Å². The van der Waals surface area contributed by atoms with Gasteiger partial charge in [0.05, 0.1) is 10.6 Å². The summed E-state index contributed by atoms with van der Waals surface area (Å²) in [5.74, 6) is -0.549. The van der Waals surface area contributed by atoms with Crippen molar-refractivity contribution in [3.8, 4) is 5.75 Å². The van der Waals surface area contributed by atoms with Crippen LogP contribution in [-0.4, -0.2) is 24.3 Å². The monoisotopic (exact) mass is 387 g/mol. The summed E-state index contributed by atoms with van der Waals surface area (Å²) in [7, 11) is 0. The van der Waals surface area contributed by atoms with Crippen LogP contribution in [-0.2, 0) is 9.59 Å². The molecular formula is C19H18ClN3O4. The number of amides is 3. The highest BCUT2D eigenvalue weighted by Crippen LogP contribution is 2.30. The molecule has 0 aromatic heterocycles. The number of benzene rings is 2. The second kappa shape index (κ2) is 8.55. The highest BCUT2D eigenvalue weighted by atomic mass is 35.5. The van der Waals surface area contributed by atoms with Gasteiger partial charge in [-0.3, -0.25) is 25.2 Å². The summed E-state index contributed by atoms with van der Waals surface area (Å²) in [5, 5.41) is 3.09. The number of hydrogen-bond acceptors (Lipinski definition) is 4. The van der Waals surface area contributed by atoms with Crippen molar-refractivity contribution in [2.24, 2.45) is 5.92 Å². The maximum Gasteiger partial charge on any atom is 0.276 e. The summed E-state index contributed by atoms with van der Waals surface area (Å²) in [6.07, 6.45) is 1.84. The van der Waals surface area contributed by atoms with Crippen molar-refractivity contribution in [1.82, 2.24) is 10.9 Å². The lowest BCUT2D eigenvalue weighted by Gasteiger charge is -2.10. The van der Waals surface area contributed by atoms with Crippen LogP contribution in [0.3, 0.4) is 0 Å². The van der Waals surface area contributed by atoms with Crippen LogP contribution >= 0.6 is 11.6 Å². The van der Waals surface area contributed by atoms with Crippen LogP contribution in [0.15, 0.2) is 48.5 Å². The third-order valence-electron chi connectivity index (χ3n) is 3.85. The maximum atomic E-state index is 12.0. The molecule has 8 heteroatoms. The zero-order valence-corrected chi connectivity index (χ0v) is 15.1. The van der Waals surface area contributed by atoms with E-state index < -0.39 is 11.8 Å². The van der Waals surface area contributed by atoms with E-state index >= 15 is 0 Å². The SMILES string of the molecule is O=C(COc1cccc(NC(=O)C2CC2)c1)NNC(=O)c1ccccc1Cl. The van der Waals surface area contributed by atoms with Gasteiger partial charge in [-0.05, 0) is 37.1 Å². The molecule has 27 heavy (non-hydrogen) atoms. The molecule has 0 bridgehead atoms. The van der Waals surface area contributed by atoms with Gasteiger partial charge < -0.3 is 10.1 Å². The molecule has 1 aliphatic rings. The van der Waals surface area contributed by atoms with Gasteiger partial charge in [0.25, 0.3) is 11.8 Å². The van der Waals surface area contributed by atoms with Crippen LogP contribution in [0.1, 0.15) is 23.2 Å². The van der Waals surface area contributed by atoms with Gasteiger partial charge in [-0.1, -0.05) is 29.8 Å². The van der Waals surface area contributed by atoms with E-state index in [-0.39, 0.29) is 29.0 Å². The molecule has 3 rings (SSSR count). The Hall–Kier alpha value is -3.06. The van der Waals surface area contributed by atoms with Crippen molar-refractivity contribution in [3.05, 3.63) is 59.1 Å². The Morgan fingerprint density at radius 3 is 2.56 bits per heavy atom. The number of rotatable bonds is 6. The summed E-state index contributed by atoms with van der Waals surface area (Å²) in [4.78, 5) is 35.6. The lowest BCUT2D eigenvalue weighted by molar-refractivity contribution is -0.123. The van der Waals surface area contributed by atoms with Crippen LogP contribution in [0.25, 0.3) is 0 Å². The van der Waals surface area contributed by atoms with E-state index in [4.69, 9.17) is 16.3 Å². The van der Waals surface area contributed by atoms with E-state index in [9.17, 15) is 14.4 Å². The van der Waals surface area contributed by atoms with E-state index in [1.54, 1.807) is 48.5 Å². The fourth-order valence-electron chi connectivity index (χ4n) is 2.28. The van der Waals surface area contributed by atoms with Crippen molar-refractivity contribution >= 4 is 35.0 Å². The van der Waals surface area contributed by atoms with Crippen LogP contribution in [0.4, 0.5) is 5.69 Å². The third kappa shape index (κ3) is 5.46. The topological polar surface area (TPSA) is 96.5 Å². The first-order valence-corrected chi connectivity index (χ1v) is 8.78. The summed E-state index contributed by atoms with van der Waals surface area (Å²) >= 11 is 5.92. The summed E-state index contributed by atoms with van der Waals surface area (Å²) in [5.41, 5.74) is 5.39. The maximum absolute atomic E-state index is 12.0. The van der Waals surface area contributed by atoms with Crippen molar-refractivity contribution in [1.29, 1.82) is 0 Å². The molecule has 1 saturated carbocycles. The van der Waals surface area contributed by atoms with E-state index in [0.717, 1.165) is 12.8 Å². The van der Waals surface area contributed by atoms with E-state index in [2.05, 4.69) is 16.2 Å². The Morgan fingerprint density at radius 1 is 1.04 bits per heavy atom. The Morgan fingerprint density at radius 2 is 1.81 bits per heavy atom. The number of hydrogen-bond donors (Lipinski definition) is 3. The van der Waals surface area contributed by atoms with Crippen LogP contribution < -0.4 is 20.9 Å². The second-order valence-corrected chi connectivity index (χ2v) is 6.47. The first-order valence-electron chi connectivity index (χ1n) is 8.40. The molecule has 2 aromatic carbocycles. The zero-order valence-electron chi connectivity index (χ0n) is 14.3. The molecule has 1 fully saturated rings. The smallest absolute Gasteiger partial charge is 0.276 e. The highest BCUT2D eigenvalue weighted by Gasteiger charge is 2.29. The molecule has 3 N–H and O–H groups in total. The van der Waals surface area contributed by atoms with Gasteiger partial charge in [0.15, 0.2) is 6.61 Å². The molecule has 0 radical (unpaired) electrons. The Kier molecular flexibility index (Phi) is 5.93. The summed E-state index contributed by atoms with van der Waals surface area (Å²) < 4.78 is 5.39. The predicted octanol–water partition coefficient (Wildman–Crippen LogP) is 2.53. The standard InChI is InChI=1S/C19H18ClN3O4/c20-16-7-2-1-6-15(16)19(26)23-22-17(24)11-27-14-5-3-4-13(10-14)21-18(25)12-8-9-12/h1-7,10,12H,8-9,11H2,(H,21,25)(H,22,24)(H,23,26). The molecule has 0 atom stereocenters. The van der Waals surface area contributed by atoms with Gasteiger partial charge in [-0.25, -0.2) is 0 Å². The Bertz CT molecular complexity index is 868.